The number of fused-ring (bicyclic) bond motifs is 1. The molecule has 0 unspecified atom stereocenters. The number of imidazole rings is 1. The predicted molar refractivity (Wildman–Crippen MR) is 99.4 cm³/mol. The molecule has 1 aliphatic heterocycles. The van der Waals surface area contributed by atoms with Crippen LogP contribution in [0.3, 0.4) is 0 Å². The van der Waals surface area contributed by atoms with Crippen molar-refractivity contribution >= 4 is 44.6 Å². The Bertz CT molecular complexity index is 806. The third kappa shape index (κ3) is 3.94. The first kappa shape index (κ1) is 17.3. The van der Waals surface area contributed by atoms with Gasteiger partial charge in [0.05, 0.1) is 45.4 Å². The molecule has 0 atom stereocenters. The van der Waals surface area contributed by atoms with Gasteiger partial charge in [0.25, 0.3) is 0 Å². The molecule has 0 amide bonds. The van der Waals surface area contributed by atoms with E-state index in [1.54, 1.807) is 23.0 Å². The Balaban J connectivity index is 0.000000238. The van der Waals surface area contributed by atoms with E-state index in [1.165, 1.54) is 18.4 Å². The van der Waals surface area contributed by atoms with Crippen molar-refractivity contribution < 1.29 is 14.2 Å². The summed E-state index contributed by atoms with van der Waals surface area (Å²) in [5, 5.41) is 5.30. The number of hydrogen-bond acceptors (Lipinski definition) is 8. The van der Waals surface area contributed by atoms with Gasteiger partial charge < -0.3 is 19.9 Å². The van der Waals surface area contributed by atoms with E-state index in [4.69, 9.17) is 19.9 Å². The zero-order chi connectivity index (χ0) is 16.9. The second kappa shape index (κ2) is 8.05. The first-order valence-corrected chi connectivity index (χ1v) is 9.04. The minimum Gasteiger partial charge on any atom is -0.480 e. The van der Waals surface area contributed by atoms with Gasteiger partial charge in [-0.25, -0.2) is 9.97 Å². The van der Waals surface area contributed by atoms with Crippen molar-refractivity contribution in [2.24, 2.45) is 0 Å². The zero-order valence-corrected chi connectivity index (χ0v) is 15.9. The molecule has 0 aromatic carbocycles. The lowest BCUT2D eigenvalue weighted by Gasteiger charge is -2.09. The molecule has 8 nitrogen and oxygen atoms in total. The molecule has 0 spiro atoms. The Labute approximate surface area is 156 Å². The zero-order valence-electron chi connectivity index (χ0n) is 12.9. The van der Waals surface area contributed by atoms with Gasteiger partial charge in [-0.2, -0.15) is 9.61 Å². The van der Waals surface area contributed by atoms with Crippen molar-refractivity contribution in [3.8, 4) is 16.5 Å². The van der Waals surface area contributed by atoms with Crippen LogP contribution in [0.5, 0.6) is 5.88 Å². The SMILES string of the molecule is C1COCCO1.COc1ncc(-c2nn3c(I)cnc3s2)cc1N. The van der Waals surface area contributed by atoms with Crippen LogP contribution < -0.4 is 10.5 Å². The van der Waals surface area contributed by atoms with E-state index in [-0.39, 0.29) is 0 Å². The van der Waals surface area contributed by atoms with Gasteiger partial charge in [-0.05, 0) is 28.7 Å². The number of rotatable bonds is 2. The molecule has 4 heterocycles. The van der Waals surface area contributed by atoms with Crippen LogP contribution in [0.1, 0.15) is 0 Å². The second-order valence-electron chi connectivity index (χ2n) is 4.73. The second-order valence-corrected chi connectivity index (χ2v) is 6.79. The van der Waals surface area contributed by atoms with Crippen LogP contribution in [-0.4, -0.2) is 53.1 Å². The number of aromatic nitrogens is 4. The number of nitrogens with zero attached hydrogens (tertiary/aromatic N) is 4. The Kier molecular flexibility index (Phi) is 5.81. The number of ether oxygens (including phenoxy) is 3. The molecular weight excluding hydrogens is 445 g/mol. The van der Waals surface area contributed by atoms with Crippen LogP contribution in [0.2, 0.25) is 0 Å². The summed E-state index contributed by atoms with van der Waals surface area (Å²) in [5.41, 5.74) is 7.19. The third-order valence-electron chi connectivity index (χ3n) is 3.11. The summed E-state index contributed by atoms with van der Waals surface area (Å²) >= 11 is 3.68. The Morgan fingerprint density at radius 2 is 1.92 bits per heavy atom. The fourth-order valence-corrected chi connectivity index (χ4v) is 3.48. The summed E-state index contributed by atoms with van der Waals surface area (Å²) in [6.45, 7) is 3.11. The molecule has 4 rings (SSSR count). The van der Waals surface area contributed by atoms with Crippen molar-refractivity contribution in [1.82, 2.24) is 19.6 Å². The summed E-state index contributed by atoms with van der Waals surface area (Å²) in [7, 11) is 1.54. The lowest BCUT2D eigenvalue weighted by atomic mass is 10.3. The van der Waals surface area contributed by atoms with Crippen LogP contribution in [0, 0.1) is 3.70 Å². The van der Waals surface area contributed by atoms with Crippen LogP contribution >= 0.6 is 33.9 Å². The van der Waals surface area contributed by atoms with Crippen molar-refractivity contribution in [3.05, 3.63) is 22.2 Å². The van der Waals surface area contributed by atoms with Crippen molar-refractivity contribution in [2.45, 2.75) is 0 Å². The summed E-state index contributed by atoms with van der Waals surface area (Å²) < 4.78 is 17.7. The van der Waals surface area contributed by atoms with Crippen LogP contribution in [0.15, 0.2) is 18.5 Å². The summed E-state index contributed by atoms with van der Waals surface area (Å²) in [6, 6.07) is 1.80. The van der Waals surface area contributed by atoms with Gasteiger partial charge in [0.2, 0.25) is 10.8 Å². The fraction of sp³-hybridized carbons (Fsp3) is 0.357. The van der Waals surface area contributed by atoms with E-state index >= 15 is 0 Å². The fourth-order valence-electron chi connectivity index (χ4n) is 1.98. The summed E-state index contributed by atoms with van der Waals surface area (Å²) in [4.78, 5) is 9.24. The number of pyridine rings is 1. The maximum absolute atomic E-state index is 5.83. The molecule has 3 aromatic rings. The number of nitrogens with two attached hydrogens (primary N) is 1. The molecule has 10 heteroatoms. The highest BCUT2D eigenvalue weighted by atomic mass is 127. The number of nitrogen functional groups attached to an aromatic ring is 1. The van der Waals surface area contributed by atoms with Gasteiger partial charge >= 0.3 is 0 Å². The molecule has 1 fully saturated rings. The molecule has 3 aromatic heterocycles. The maximum atomic E-state index is 5.83. The van der Waals surface area contributed by atoms with E-state index in [0.717, 1.165) is 45.7 Å². The van der Waals surface area contributed by atoms with Crippen molar-refractivity contribution in [2.75, 3.05) is 39.3 Å². The maximum Gasteiger partial charge on any atom is 0.236 e. The van der Waals surface area contributed by atoms with Gasteiger partial charge in [0, 0.05) is 11.8 Å². The average Bonchev–Trinajstić information content (AvgIpc) is 3.19. The van der Waals surface area contributed by atoms with Gasteiger partial charge in [-0.1, -0.05) is 11.3 Å². The van der Waals surface area contributed by atoms with Crippen LogP contribution in [0.4, 0.5) is 5.69 Å². The largest absolute Gasteiger partial charge is 0.480 e. The number of methoxy groups -OCH3 is 1. The minimum atomic E-state index is 0.426. The predicted octanol–water partition coefficient (Wildman–Crippen LogP) is 2.08. The van der Waals surface area contributed by atoms with E-state index in [1.807, 2.05) is 0 Å². The van der Waals surface area contributed by atoms with Crippen LogP contribution in [0.25, 0.3) is 15.5 Å². The first-order valence-electron chi connectivity index (χ1n) is 7.14. The van der Waals surface area contributed by atoms with Crippen molar-refractivity contribution in [3.63, 3.8) is 0 Å². The summed E-state index contributed by atoms with van der Waals surface area (Å²) in [5.74, 6) is 0.426. The molecule has 0 radical (unpaired) electrons. The third-order valence-corrected chi connectivity index (χ3v) is 4.81. The van der Waals surface area contributed by atoms with E-state index in [0.29, 0.717) is 11.6 Å². The monoisotopic (exact) mass is 461 g/mol. The highest BCUT2D eigenvalue weighted by molar-refractivity contribution is 14.1. The average molecular weight is 461 g/mol. The molecule has 0 aliphatic carbocycles. The minimum absolute atomic E-state index is 0.426. The molecule has 24 heavy (non-hydrogen) atoms. The molecule has 0 saturated carbocycles. The number of halogens is 1. The smallest absolute Gasteiger partial charge is 0.236 e. The normalized spacial score (nSPS) is 14.2. The van der Waals surface area contributed by atoms with Gasteiger partial charge in [-0.3, -0.25) is 0 Å². The van der Waals surface area contributed by atoms with Gasteiger partial charge in [-0.15, -0.1) is 0 Å². The standard InChI is InChI=1S/C10H8IN5OS.C4H8O2/c1-17-8-6(12)2-5(3-13-8)9-15-16-7(11)4-14-10(16)18-9;1-2-6-4-3-5-1/h2-4H,12H2,1H3;1-4H2. The van der Waals surface area contributed by atoms with E-state index < -0.39 is 0 Å². The number of hydrogen-bond donors (Lipinski definition) is 1. The molecular formula is C14H16IN5O3S. The topological polar surface area (TPSA) is 96.8 Å². The van der Waals surface area contributed by atoms with E-state index in [9.17, 15) is 0 Å². The number of anilines is 1. The molecule has 2 N–H and O–H groups in total. The lowest BCUT2D eigenvalue weighted by molar-refractivity contribution is -0.0334. The van der Waals surface area contributed by atoms with Crippen molar-refractivity contribution in [1.29, 1.82) is 0 Å². The molecule has 0 bridgehead atoms. The lowest BCUT2D eigenvalue weighted by Crippen LogP contribution is -2.16. The highest BCUT2D eigenvalue weighted by Crippen LogP contribution is 2.29. The molecule has 1 aliphatic rings. The molecule has 1 saturated heterocycles. The summed E-state index contributed by atoms with van der Waals surface area (Å²) in [6.07, 6.45) is 3.48. The molecule has 128 valence electrons. The van der Waals surface area contributed by atoms with Gasteiger partial charge in [0.1, 0.15) is 8.71 Å². The highest BCUT2D eigenvalue weighted by Gasteiger charge is 2.12. The Hall–Kier alpha value is -1.50. The quantitative estimate of drug-likeness (QED) is 0.584. The Morgan fingerprint density at radius 3 is 2.46 bits per heavy atom. The van der Waals surface area contributed by atoms with Gasteiger partial charge in [0.15, 0.2) is 0 Å². The Morgan fingerprint density at radius 1 is 1.21 bits per heavy atom. The van der Waals surface area contributed by atoms with Crippen LogP contribution in [-0.2, 0) is 9.47 Å². The first-order chi connectivity index (χ1) is 11.7. The van der Waals surface area contributed by atoms with E-state index in [2.05, 4.69) is 37.7 Å².